The normalized spacial score (nSPS) is 22.6. The number of hydrogen-bond acceptors (Lipinski definition) is 6. The van der Waals surface area contributed by atoms with Crippen molar-refractivity contribution in [2.24, 2.45) is 22.7 Å². The number of halogens is 3. The predicted octanol–water partition coefficient (Wildman–Crippen LogP) is 2.41. The molecule has 0 spiro atoms. The molecule has 34 heavy (non-hydrogen) atoms. The third-order valence-electron chi connectivity index (χ3n) is 7.12. The number of guanidine groups is 1. The Balaban J connectivity index is 1.63. The van der Waals surface area contributed by atoms with Gasteiger partial charge in [0.05, 0.1) is 5.56 Å². The van der Waals surface area contributed by atoms with Crippen molar-refractivity contribution in [2.75, 3.05) is 13.1 Å². The summed E-state index contributed by atoms with van der Waals surface area (Å²) in [6.45, 7) is 1.50. The molecular weight excluding hydrogens is 473 g/mol. The summed E-state index contributed by atoms with van der Waals surface area (Å²) in [5.41, 5.74) is 4.48. The number of nitrogens with zero attached hydrogens (tertiary/aromatic N) is 4. The number of rotatable bonds is 4. The lowest BCUT2D eigenvalue weighted by molar-refractivity contribution is -0.139. The largest absolute Gasteiger partial charge is 0.417 e. The minimum Gasteiger partial charge on any atom is -0.370 e. The van der Waals surface area contributed by atoms with Gasteiger partial charge >= 0.3 is 6.18 Å². The van der Waals surface area contributed by atoms with Gasteiger partial charge in [-0.25, -0.2) is 18.7 Å². The number of piperidine rings is 1. The van der Waals surface area contributed by atoms with Crippen LogP contribution < -0.4 is 10.9 Å². The van der Waals surface area contributed by atoms with Gasteiger partial charge in [0.25, 0.3) is 0 Å². The molecule has 0 bridgehead atoms. The van der Waals surface area contributed by atoms with Crippen molar-refractivity contribution >= 4 is 16.0 Å². The average molecular weight is 501 g/mol. The molecule has 6 N–H and O–H groups in total. The fourth-order valence-electron chi connectivity index (χ4n) is 5.48. The van der Waals surface area contributed by atoms with Crippen LogP contribution in [0, 0.1) is 17.2 Å². The van der Waals surface area contributed by atoms with Crippen molar-refractivity contribution in [1.82, 2.24) is 25.5 Å². The molecule has 2 aliphatic rings. The first-order valence-electron chi connectivity index (χ1n) is 11.1. The number of sulfonamides is 1. The number of hydrogen-bond donors (Lipinski definition) is 4. The van der Waals surface area contributed by atoms with Gasteiger partial charge in [-0.05, 0) is 78.3 Å². The topological polar surface area (TPSA) is 168 Å². The smallest absolute Gasteiger partial charge is 0.370 e. The number of aromatic nitrogens is 4. The van der Waals surface area contributed by atoms with Gasteiger partial charge in [0.2, 0.25) is 10.0 Å². The molecule has 0 amide bonds. The summed E-state index contributed by atoms with van der Waals surface area (Å²) in [4.78, 5) is 0.853. The number of benzene rings is 1. The Morgan fingerprint density at radius 1 is 1.09 bits per heavy atom. The van der Waals surface area contributed by atoms with Crippen molar-refractivity contribution in [1.29, 1.82) is 5.41 Å². The summed E-state index contributed by atoms with van der Waals surface area (Å²) in [5.74, 6) is 0.736. The molecule has 2 heterocycles. The molecule has 1 saturated heterocycles. The molecule has 186 valence electrons. The molecule has 1 aromatic carbocycles. The summed E-state index contributed by atoms with van der Waals surface area (Å²) in [7, 11) is -4.74. The monoisotopic (exact) mass is 500 g/mol. The van der Waals surface area contributed by atoms with Gasteiger partial charge in [0.15, 0.2) is 11.8 Å². The maximum absolute atomic E-state index is 13.7. The quantitative estimate of drug-likeness (QED) is 0.369. The molecule has 2 fully saturated rings. The van der Waals surface area contributed by atoms with Crippen molar-refractivity contribution in [3.05, 3.63) is 23.3 Å². The summed E-state index contributed by atoms with van der Waals surface area (Å²) in [6, 6.07) is 2.11. The Bertz CT molecular complexity index is 1140. The van der Waals surface area contributed by atoms with E-state index in [0.29, 0.717) is 30.2 Å². The van der Waals surface area contributed by atoms with Crippen LogP contribution in [-0.4, -0.2) is 53.0 Å². The number of aromatic amines is 1. The molecule has 0 radical (unpaired) electrons. The lowest BCUT2D eigenvalue weighted by Gasteiger charge is -2.39. The van der Waals surface area contributed by atoms with E-state index in [1.54, 1.807) is 0 Å². The molecule has 1 aromatic heterocycles. The van der Waals surface area contributed by atoms with E-state index >= 15 is 0 Å². The highest BCUT2D eigenvalue weighted by Crippen LogP contribution is 2.47. The van der Waals surface area contributed by atoms with Gasteiger partial charge in [0, 0.05) is 18.7 Å². The summed E-state index contributed by atoms with van der Waals surface area (Å²) in [6.07, 6.45) is 0.0992. The van der Waals surface area contributed by atoms with E-state index in [0.717, 1.165) is 44.8 Å². The first-order chi connectivity index (χ1) is 16.0. The molecule has 0 atom stereocenters. The van der Waals surface area contributed by atoms with E-state index in [4.69, 9.17) is 16.3 Å². The van der Waals surface area contributed by atoms with Gasteiger partial charge in [0.1, 0.15) is 4.90 Å². The summed E-state index contributed by atoms with van der Waals surface area (Å²) >= 11 is 0. The van der Waals surface area contributed by atoms with E-state index in [1.807, 2.05) is 4.90 Å². The Morgan fingerprint density at radius 3 is 2.21 bits per heavy atom. The number of tetrazole rings is 1. The Kier molecular flexibility index (Phi) is 6.55. The Morgan fingerprint density at radius 2 is 1.71 bits per heavy atom. The maximum atomic E-state index is 13.7. The molecule has 1 aliphatic carbocycles. The van der Waals surface area contributed by atoms with Crippen LogP contribution in [0.25, 0.3) is 11.4 Å². The number of nitrogens with one attached hydrogen (secondary N) is 2. The van der Waals surface area contributed by atoms with Crippen LogP contribution in [0.4, 0.5) is 13.2 Å². The molecule has 4 rings (SSSR count). The van der Waals surface area contributed by atoms with E-state index in [1.165, 1.54) is 6.07 Å². The first kappa shape index (κ1) is 24.4. The lowest BCUT2D eigenvalue weighted by atomic mass is 9.70. The fraction of sp³-hybridized carbons (Fsp3) is 0.600. The van der Waals surface area contributed by atoms with Crippen LogP contribution in [0.15, 0.2) is 17.0 Å². The second-order valence-electron chi connectivity index (χ2n) is 9.02. The van der Waals surface area contributed by atoms with Gasteiger partial charge in [-0.1, -0.05) is 6.07 Å². The second-order valence-corrected chi connectivity index (χ2v) is 10.5. The van der Waals surface area contributed by atoms with Gasteiger partial charge in [-0.15, -0.1) is 5.10 Å². The van der Waals surface area contributed by atoms with E-state index in [9.17, 15) is 21.6 Å². The minimum atomic E-state index is -4.92. The number of nitrogens with two attached hydrogens (primary N) is 2. The third kappa shape index (κ3) is 4.87. The fourth-order valence-corrected chi connectivity index (χ4v) is 6.47. The van der Waals surface area contributed by atoms with Gasteiger partial charge in [-0.3, -0.25) is 5.41 Å². The summed E-state index contributed by atoms with van der Waals surface area (Å²) < 4.78 is 65.8. The predicted molar refractivity (Wildman–Crippen MR) is 117 cm³/mol. The molecule has 0 unspecified atom stereocenters. The zero-order valence-corrected chi connectivity index (χ0v) is 19.2. The average Bonchev–Trinajstić information content (AvgIpc) is 3.32. The second kappa shape index (κ2) is 9.13. The highest BCUT2D eigenvalue weighted by molar-refractivity contribution is 7.89. The molecule has 14 heteroatoms. The molecule has 1 saturated carbocycles. The van der Waals surface area contributed by atoms with Gasteiger partial charge < -0.3 is 10.6 Å². The zero-order valence-electron chi connectivity index (χ0n) is 18.3. The van der Waals surface area contributed by atoms with E-state index in [2.05, 4.69) is 20.6 Å². The highest BCUT2D eigenvalue weighted by Gasteiger charge is 2.41. The maximum Gasteiger partial charge on any atom is 0.417 e. The van der Waals surface area contributed by atoms with Crippen molar-refractivity contribution in [3.8, 4) is 11.4 Å². The van der Waals surface area contributed by atoms with Crippen molar-refractivity contribution in [2.45, 2.75) is 55.5 Å². The number of primary sulfonamides is 1. The highest BCUT2D eigenvalue weighted by atomic mass is 32.2. The van der Waals surface area contributed by atoms with Crippen LogP contribution in [0.5, 0.6) is 0 Å². The Labute approximate surface area is 194 Å². The standard InChI is InChI=1S/C20H27F3N8O2S/c21-20(22,23)15-6-5-14(16(17(15)34(26,32)33)18-27-29-30-28-18)13-3-1-11(2-4-13)12-7-9-31(10-8-12)19(24)25/h5-6,11-13H,1-4,7-10H2,(H3,24,25)(H2,26,32,33)(H,27,28,29,30)/t11-,13-. The van der Waals surface area contributed by atoms with Crippen LogP contribution in [0.3, 0.4) is 0 Å². The summed E-state index contributed by atoms with van der Waals surface area (Å²) in [5, 5.41) is 25.8. The van der Waals surface area contributed by atoms with Crippen LogP contribution in [0.2, 0.25) is 0 Å². The molecule has 10 nitrogen and oxygen atoms in total. The number of likely N-dealkylation sites (tertiary alicyclic amines) is 1. The molecule has 1 aliphatic heterocycles. The third-order valence-corrected chi connectivity index (χ3v) is 8.11. The first-order valence-corrected chi connectivity index (χ1v) is 12.6. The van der Waals surface area contributed by atoms with Gasteiger partial charge in [-0.2, -0.15) is 13.2 Å². The molecule has 2 aromatic rings. The van der Waals surface area contributed by atoms with Crippen LogP contribution in [0.1, 0.15) is 55.6 Å². The minimum absolute atomic E-state index is 0.0876. The van der Waals surface area contributed by atoms with Crippen molar-refractivity contribution in [3.63, 3.8) is 0 Å². The molecular formula is C20H27F3N8O2S. The van der Waals surface area contributed by atoms with E-state index < -0.39 is 26.7 Å². The Hall–Kier alpha value is -2.74. The number of alkyl halides is 3. The van der Waals surface area contributed by atoms with Crippen molar-refractivity contribution < 1.29 is 21.6 Å². The zero-order chi connectivity index (χ0) is 24.7. The van der Waals surface area contributed by atoms with E-state index in [-0.39, 0.29) is 23.3 Å². The lowest BCUT2D eigenvalue weighted by Crippen LogP contribution is -2.43. The SMILES string of the molecule is N=C(N)N1CCC([C@H]2CC[C@H](c3ccc(C(F)(F)F)c(S(N)(=O)=O)c3-c3nnn[nH]3)CC2)CC1. The van der Waals surface area contributed by atoms with Crippen LogP contribution >= 0.6 is 0 Å². The number of H-pyrrole nitrogens is 1. The van der Waals surface area contributed by atoms with Crippen LogP contribution in [-0.2, 0) is 16.2 Å².